The van der Waals surface area contributed by atoms with E-state index in [0.717, 1.165) is 0 Å². The molecule has 0 atom stereocenters. The summed E-state index contributed by atoms with van der Waals surface area (Å²) in [7, 11) is 0. The molecule has 0 spiro atoms. The molecule has 0 saturated carbocycles. The molecule has 88 valence electrons. The maximum absolute atomic E-state index is 11.4. The van der Waals surface area contributed by atoms with Crippen LogP contribution in [0.15, 0.2) is 24.5 Å². The van der Waals surface area contributed by atoms with E-state index in [1.165, 1.54) is 16.7 Å². The normalized spacial score (nSPS) is 10.4. The van der Waals surface area contributed by atoms with Crippen molar-refractivity contribution >= 4 is 17.6 Å². The Morgan fingerprint density at radius 2 is 2.29 bits per heavy atom. The van der Waals surface area contributed by atoms with Crippen LogP contribution in [0.1, 0.15) is 27.8 Å². The monoisotopic (exact) mass is 234 g/mol. The Hall–Kier alpha value is -2.37. The Morgan fingerprint density at radius 1 is 1.53 bits per heavy atom. The van der Waals surface area contributed by atoms with Crippen LogP contribution in [0.3, 0.4) is 0 Å². The van der Waals surface area contributed by atoms with Crippen molar-refractivity contribution < 1.29 is 19.4 Å². The largest absolute Gasteiger partial charge is 0.478 e. The van der Waals surface area contributed by atoms with Crippen LogP contribution in [0.5, 0.6) is 0 Å². The lowest BCUT2D eigenvalue weighted by Crippen LogP contribution is -2.04. The molecule has 17 heavy (non-hydrogen) atoms. The third kappa shape index (κ3) is 1.96. The van der Waals surface area contributed by atoms with E-state index in [-0.39, 0.29) is 23.5 Å². The fourth-order valence-electron chi connectivity index (χ4n) is 1.48. The van der Waals surface area contributed by atoms with Crippen LogP contribution >= 0.6 is 0 Å². The van der Waals surface area contributed by atoms with Gasteiger partial charge in [0, 0.05) is 12.4 Å². The van der Waals surface area contributed by atoms with Gasteiger partial charge in [0.2, 0.25) is 0 Å². The van der Waals surface area contributed by atoms with E-state index in [1.54, 1.807) is 19.2 Å². The Morgan fingerprint density at radius 3 is 2.94 bits per heavy atom. The van der Waals surface area contributed by atoms with Gasteiger partial charge in [0.25, 0.3) is 0 Å². The number of hydrogen-bond acceptors (Lipinski definition) is 4. The van der Waals surface area contributed by atoms with Crippen LogP contribution in [-0.4, -0.2) is 33.0 Å². The molecule has 0 unspecified atom stereocenters. The van der Waals surface area contributed by atoms with Crippen LogP contribution in [0.25, 0.3) is 5.65 Å². The highest BCUT2D eigenvalue weighted by molar-refractivity contribution is 5.96. The number of carbonyl (C=O) groups is 2. The fraction of sp³-hybridized carbons (Fsp3) is 0.182. The van der Waals surface area contributed by atoms with Crippen molar-refractivity contribution in [3.8, 4) is 0 Å². The van der Waals surface area contributed by atoms with Gasteiger partial charge in [-0.2, -0.15) is 0 Å². The number of carboxylic acid groups (broad SMARTS) is 1. The summed E-state index contributed by atoms with van der Waals surface area (Å²) in [5, 5.41) is 8.96. The maximum Gasteiger partial charge on any atom is 0.358 e. The molecule has 0 radical (unpaired) electrons. The summed E-state index contributed by atoms with van der Waals surface area (Å²) in [6.45, 7) is 1.94. The topological polar surface area (TPSA) is 80.9 Å². The summed E-state index contributed by atoms with van der Waals surface area (Å²) < 4.78 is 6.28. The number of nitrogens with zero attached hydrogens (tertiary/aromatic N) is 2. The van der Waals surface area contributed by atoms with Gasteiger partial charge < -0.3 is 14.2 Å². The van der Waals surface area contributed by atoms with Crippen molar-refractivity contribution in [1.82, 2.24) is 9.38 Å². The molecule has 0 fully saturated rings. The molecule has 0 aliphatic carbocycles. The minimum atomic E-state index is -1.09. The number of esters is 1. The molecule has 1 N–H and O–H groups in total. The summed E-state index contributed by atoms with van der Waals surface area (Å²) in [4.78, 5) is 26.4. The molecule has 0 saturated heterocycles. The van der Waals surface area contributed by atoms with Crippen LogP contribution in [0, 0.1) is 0 Å². The highest BCUT2D eigenvalue weighted by Crippen LogP contribution is 2.11. The first-order valence-corrected chi connectivity index (χ1v) is 5.01. The lowest BCUT2D eigenvalue weighted by Gasteiger charge is -1.96. The van der Waals surface area contributed by atoms with Gasteiger partial charge in [-0.25, -0.2) is 14.6 Å². The van der Waals surface area contributed by atoms with E-state index in [1.807, 2.05) is 0 Å². The summed E-state index contributed by atoms with van der Waals surface area (Å²) in [5.74, 6) is -1.65. The van der Waals surface area contributed by atoms with Gasteiger partial charge in [0.05, 0.1) is 6.61 Å². The Labute approximate surface area is 96.5 Å². The molecular formula is C11H10N2O4. The average Bonchev–Trinajstić information content (AvgIpc) is 2.72. The summed E-state index contributed by atoms with van der Waals surface area (Å²) in [6, 6.07) is 3.01. The average molecular weight is 234 g/mol. The predicted molar refractivity (Wildman–Crippen MR) is 58.1 cm³/mol. The zero-order chi connectivity index (χ0) is 12.4. The first-order chi connectivity index (χ1) is 8.13. The van der Waals surface area contributed by atoms with Crippen molar-refractivity contribution in [3.05, 3.63) is 35.8 Å². The van der Waals surface area contributed by atoms with Gasteiger partial charge in [-0.15, -0.1) is 0 Å². The second kappa shape index (κ2) is 4.25. The van der Waals surface area contributed by atoms with Gasteiger partial charge in [-0.1, -0.05) is 0 Å². The quantitative estimate of drug-likeness (QED) is 0.807. The van der Waals surface area contributed by atoms with E-state index >= 15 is 0 Å². The van der Waals surface area contributed by atoms with Gasteiger partial charge in [0.1, 0.15) is 5.56 Å². The number of carbonyl (C=O) groups excluding carboxylic acids is 1. The number of ether oxygens (including phenoxy) is 1. The number of imidazole rings is 1. The zero-order valence-electron chi connectivity index (χ0n) is 9.08. The van der Waals surface area contributed by atoms with E-state index in [2.05, 4.69) is 4.98 Å². The number of aromatic carboxylic acids is 1. The smallest absolute Gasteiger partial charge is 0.358 e. The SMILES string of the molecule is CCOC(=O)c1cn2cccc(C(=O)O)c2n1. The Kier molecular flexibility index (Phi) is 2.78. The first-order valence-electron chi connectivity index (χ1n) is 5.01. The molecular weight excluding hydrogens is 224 g/mol. The lowest BCUT2D eigenvalue weighted by atomic mass is 10.3. The second-order valence-electron chi connectivity index (χ2n) is 3.30. The molecule has 2 rings (SSSR count). The fourth-order valence-corrected chi connectivity index (χ4v) is 1.48. The highest BCUT2D eigenvalue weighted by Gasteiger charge is 2.16. The maximum atomic E-state index is 11.4. The Balaban J connectivity index is 2.54. The van der Waals surface area contributed by atoms with Gasteiger partial charge >= 0.3 is 11.9 Å². The van der Waals surface area contributed by atoms with Gasteiger partial charge in [-0.05, 0) is 19.1 Å². The van der Waals surface area contributed by atoms with Crippen LogP contribution in [-0.2, 0) is 4.74 Å². The van der Waals surface area contributed by atoms with Crippen LogP contribution < -0.4 is 0 Å². The van der Waals surface area contributed by atoms with Gasteiger partial charge in [-0.3, -0.25) is 0 Å². The van der Waals surface area contributed by atoms with Gasteiger partial charge in [0.15, 0.2) is 11.3 Å². The summed E-state index contributed by atoms with van der Waals surface area (Å²) in [5.41, 5.74) is 0.367. The summed E-state index contributed by atoms with van der Waals surface area (Å²) >= 11 is 0. The second-order valence-corrected chi connectivity index (χ2v) is 3.30. The number of pyridine rings is 1. The van der Waals surface area contributed by atoms with Crippen LogP contribution in [0.4, 0.5) is 0 Å². The number of aromatic nitrogens is 2. The molecule has 0 aliphatic rings. The molecule has 2 aromatic heterocycles. The molecule has 2 heterocycles. The third-order valence-corrected chi connectivity index (χ3v) is 2.20. The minimum absolute atomic E-state index is 0.0445. The third-order valence-electron chi connectivity index (χ3n) is 2.20. The lowest BCUT2D eigenvalue weighted by molar-refractivity contribution is 0.0519. The van der Waals surface area contributed by atoms with E-state index in [9.17, 15) is 9.59 Å². The number of hydrogen-bond donors (Lipinski definition) is 1. The molecule has 0 aromatic carbocycles. The molecule has 6 heteroatoms. The van der Waals surface area contributed by atoms with Crippen molar-refractivity contribution in [1.29, 1.82) is 0 Å². The zero-order valence-corrected chi connectivity index (χ0v) is 9.08. The number of fused-ring (bicyclic) bond motifs is 1. The molecule has 6 nitrogen and oxygen atoms in total. The van der Waals surface area contributed by atoms with Crippen LogP contribution in [0.2, 0.25) is 0 Å². The van der Waals surface area contributed by atoms with Crippen molar-refractivity contribution in [2.24, 2.45) is 0 Å². The summed E-state index contributed by atoms with van der Waals surface area (Å²) in [6.07, 6.45) is 3.07. The Bertz CT molecular complexity index is 588. The number of carboxylic acids is 1. The molecule has 0 aliphatic heterocycles. The minimum Gasteiger partial charge on any atom is -0.478 e. The molecule has 2 aromatic rings. The standard InChI is InChI=1S/C11H10N2O4/c1-2-17-11(16)8-6-13-5-3-4-7(10(14)15)9(13)12-8/h3-6H,2H2,1H3,(H,14,15). The first kappa shape index (κ1) is 11.1. The highest BCUT2D eigenvalue weighted by atomic mass is 16.5. The van der Waals surface area contributed by atoms with Crippen molar-refractivity contribution in [3.63, 3.8) is 0 Å². The van der Waals surface area contributed by atoms with Crippen molar-refractivity contribution in [2.75, 3.05) is 6.61 Å². The van der Waals surface area contributed by atoms with Crippen molar-refractivity contribution in [2.45, 2.75) is 6.92 Å². The predicted octanol–water partition coefficient (Wildman–Crippen LogP) is 1.21. The number of rotatable bonds is 3. The van der Waals surface area contributed by atoms with E-state index in [4.69, 9.17) is 9.84 Å². The molecule has 0 amide bonds. The van der Waals surface area contributed by atoms with E-state index in [0.29, 0.717) is 0 Å². The molecule has 0 bridgehead atoms. The van der Waals surface area contributed by atoms with E-state index < -0.39 is 11.9 Å².